The molecule has 5 aromatic carbocycles. The van der Waals surface area contributed by atoms with Crippen molar-refractivity contribution in [1.29, 1.82) is 0 Å². The Bertz CT molecular complexity index is 2020. The van der Waals surface area contributed by atoms with E-state index in [2.05, 4.69) is 145 Å². The van der Waals surface area contributed by atoms with Crippen LogP contribution in [0.15, 0.2) is 175 Å². The lowest BCUT2D eigenvalue weighted by Gasteiger charge is -2.16. The highest BCUT2D eigenvalue weighted by Crippen LogP contribution is 2.30. The number of hydrogen-bond acceptors (Lipinski definition) is 2. The summed E-state index contributed by atoms with van der Waals surface area (Å²) in [5.41, 5.74) is 15.2. The summed E-state index contributed by atoms with van der Waals surface area (Å²) in [5, 5.41) is 12.0. The molecule has 1 aliphatic carbocycles. The molecule has 4 N–H and O–H groups in total. The summed E-state index contributed by atoms with van der Waals surface area (Å²) in [5.74, 6) is 0. The largest absolute Gasteiger partial charge is 0.264 e. The van der Waals surface area contributed by atoms with E-state index in [0.29, 0.717) is 5.71 Å². The highest BCUT2D eigenvalue weighted by atomic mass is 15.3. The number of aromatic nitrogens is 1. The van der Waals surface area contributed by atoms with Crippen molar-refractivity contribution in [1.82, 2.24) is 4.98 Å². The zero-order valence-electron chi connectivity index (χ0n) is 24.7. The zero-order chi connectivity index (χ0) is 30.4. The van der Waals surface area contributed by atoms with Gasteiger partial charge >= 0.3 is 0 Å². The van der Waals surface area contributed by atoms with Crippen molar-refractivity contribution in [2.24, 2.45) is 5.10 Å². The second-order valence-corrected chi connectivity index (χ2v) is 10.9. The molecule has 45 heavy (non-hydrogen) atoms. The third kappa shape index (κ3) is 6.09. The van der Waals surface area contributed by atoms with E-state index in [1.807, 2.05) is 29.8 Å². The van der Waals surface area contributed by atoms with E-state index in [4.69, 9.17) is 10.5 Å². The Labute approximate surface area is 263 Å². The monoisotopic (exact) mass is 580 g/mol. The summed E-state index contributed by atoms with van der Waals surface area (Å²) >= 11 is 0. The van der Waals surface area contributed by atoms with Gasteiger partial charge in [0.15, 0.2) is 11.4 Å². The summed E-state index contributed by atoms with van der Waals surface area (Å²) in [4.78, 5) is 4.24. The van der Waals surface area contributed by atoms with E-state index in [1.165, 1.54) is 22.3 Å². The lowest BCUT2D eigenvalue weighted by molar-refractivity contribution is -0.577. The molecule has 7 rings (SSSR count). The van der Waals surface area contributed by atoms with Crippen LogP contribution in [-0.4, -0.2) is 16.4 Å². The van der Waals surface area contributed by atoms with Crippen LogP contribution in [-0.2, 0) is 0 Å². The Morgan fingerprint density at radius 1 is 0.444 bits per heavy atom. The van der Waals surface area contributed by atoms with E-state index in [1.54, 1.807) is 6.20 Å². The maximum absolute atomic E-state index is 6.97. The molecule has 1 aliphatic rings. The van der Waals surface area contributed by atoms with Gasteiger partial charge in [-0.1, -0.05) is 126 Å². The lowest BCUT2D eigenvalue weighted by Crippen LogP contribution is -2.72. The molecule has 1 aromatic heterocycles. The van der Waals surface area contributed by atoms with E-state index in [9.17, 15) is 0 Å². The zero-order valence-corrected chi connectivity index (χ0v) is 24.7. The molecule has 0 amide bonds. The van der Waals surface area contributed by atoms with Crippen molar-refractivity contribution in [3.8, 4) is 33.4 Å². The van der Waals surface area contributed by atoms with Gasteiger partial charge in [-0.25, -0.2) is 0 Å². The van der Waals surface area contributed by atoms with Crippen molar-refractivity contribution in [2.45, 2.75) is 0 Å². The Kier molecular flexibility index (Phi) is 7.87. The van der Waals surface area contributed by atoms with E-state index in [0.717, 1.165) is 44.8 Å². The maximum atomic E-state index is 6.97. The minimum Gasteiger partial charge on any atom is -0.264 e. The number of benzene rings is 5. The van der Waals surface area contributed by atoms with Crippen LogP contribution in [0.3, 0.4) is 0 Å². The molecule has 0 radical (unpaired) electrons. The smallest absolute Gasteiger partial charge is 0.236 e. The number of nitrogens with zero attached hydrogens (tertiary/aromatic N) is 2. The number of pyridine rings is 1. The first-order valence-electron chi connectivity index (χ1n) is 15.0. The number of hydrogen-bond donors (Lipinski definition) is 2. The molecule has 0 atom stereocenters. The van der Waals surface area contributed by atoms with Gasteiger partial charge in [-0.2, -0.15) is 5.43 Å². The Morgan fingerprint density at radius 3 is 1.44 bits per heavy atom. The summed E-state index contributed by atoms with van der Waals surface area (Å²) in [7, 11) is 0. The van der Waals surface area contributed by atoms with Crippen LogP contribution in [0.5, 0.6) is 0 Å². The summed E-state index contributed by atoms with van der Waals surface area (Å²) in [6.45, 7) is 0. The van der Waals surface area contributed by atoms with Gasteiger partial charge in [0.25, 0.3) is 0 Å². The van der Waals surface area contributed by atoms with Crippen LogP contribution in [0.25, 0.3) is 44.5 Å². The summed E-state index contributed by atoms with van der Waals surface area (Å²) < 4.78 is 0. The molecule has 0 aliphatic heterocycles. The Morgan fingerprint density at radius 2 is 0.889 bits per heavy atom. The first-order valence-corrected chi connectivity index (χ1v) is 15.0. The molecule has 0 unspecified atom stereocenters. The topological polar surface area (TPSA) is 67.5 Å². The third-order valence-electron chi connectivity index (χ3n) is 8.07. The van der Waals surface area contributed by atoms with Gasteiger partial charge < -0.3 is 0 Å². The number of quaternary nitrogens is 1. The van der Waals surface area contributed by atoms with Crippen LogP contribution < -0.4 is 10.8 Å². The Hall–Kier alpha value is -5.97. The fraction of sp³-hybridized carbons (Fsp3) is 0. The van der Waals surface area contributed by atoms with E-state index < -0.39 is 0 Å². The summed E-state index contributed by atoms with van der Waals surface area (Å²) in [6.07, 6.45) is 7.89. The first kappa shape index (κ1) is 27.8. The third-order valence-corrected chi connectivity index (χ3v) is 8.07. The molecule has 0 bridgehead atoms. The summed E-state index contributed by atoms with van der Waals surface area (Å²) in [6, 6.07) is 50.3. The van der Waals surface area contributed by atoms with Crippen LogP contribution in [0.1, 0.15) is 11.1 Å². The van der Waals surface area contributed by atoms with Gasteiger partial charge in [0, 0.05) is 30.1 Å². The average molecular weight is 581 g/mol. The van der Waals surface area contributed by atoms with Crippen LogP contribution in [0.2, 0.25) is 0 Å². The van der Waals surface area contributed by atoms with Crippen molar-refractivity contribution in [2.75, 3.05) is 0 Å². The molecular formula is C41H32N4+2. The average Bonchev–Trinajstić information content (AvgIpc) is 3.12. The highest BCUT2D eigenvalue weighted by Gasteiger charge is 2.29. The quantitative estimate of drug-likeness (QED) is 0.0907. The van der Waals surface area contributed by atoms with Crippen molar-refractivity contribution < 1.29 is 10.8 Å². The predicted molar refractivity (Wildman–Crippen MR) is 185 cm³/mol. The molecule has 0 saturated carbocycles. The minimum absolute atomic E-state index is 0.648. The second-order valence-electron chi connectivity index (χ2n) is 10.9. The van der Waals surface area contributed by atoms with Gasteiger partial charge in [0.1, 0.15) is 0 Å². The molecule has 6 aromatic rings. The number of nitrogens with two attached hydrogens (primary N) is 2. The SMILES string of the molecule is [NH2+]=C1C(c2ccc(-c3ccccc3)cc2)=CC=C(c2ccc(-c3ccccc3)cc2)C1=N[NH2+]c1ccc(-c2cccnc2)cc1. The van der Waals surface area contributed by atoms with E-state index >= 15 is 0 Å². The highest BCUT2D eigenvalue weighted by molar-refractivity contribution is 6.68. The van der Waals surface area contributed by atoms with Gasteiger partial charge in [-0.05, 0) is 68.8 Å². The molecule has 214 valence electrons. The van der Waals surface area contributed by atoms with Gasteiger partial charge in [-0.15, -0.1) is 0 Å². The molecule has 4 nitrogen and oxygen atoms in total. The Balaban J connectivity index is 1.22. The number of rotatable bonds is 7. The predicted octanol–water partition coefficient (Wildman–Crippen LogP) is 7.01. The van der Waals surface area contributed by atoms with Gasteiger partial charge in [0.05, 0.1) is 5.57 Å². The van der Waals surface area contributed by atoms with Crippen LogP contribution >= 0.6 is 0 Å². The molecular weight excluding hydrogens is 548 g/mol. The fourth-order valence-electron chi connectivity index (χ4n) is 5.61. The maximum Gasteiger partial charge on any atom is 0.236 e. The van der Waals surface area contributed by atoms with Crippen molar-refractivity contribution in [3.05, 3.63) is 181 Å². The first-order chi connectivity index (χ1) is 22.2. The normalized spacial score (nSPS) is 13.8. The van der Waals surface area contributed by atoms with Crippen LogP contribution in [0, 0.1) is 0 Å². The molecule has 4 heteroatoms. The van der Waals surface area contributed by atoms with Crippen LogP contribution in [0.4, 0.5) is 5.69 Å². The molecule has 1 heterocycles. The molecule has 0 spiro atoms. The van der Waals surface area contributed by atoms with Crippen molar-refractivity contribution >= 4 is 28.3 Å². The fourth-order valence-corrected chi connectivity index (χ4v) is 5.61. The molecule has 0 fully saturated rings. The van der Waals surface area contributed by atoms with E-state index in [-0.39, 0.29) is 0 Å². The van der Waals surface area contributed by atoms with Gasteiger partial charge in [-0.3, -0.25) is 10.4 Å². The minimum atomic E-state index is 0.648. The lowest BCUT2D eigenvalue weighted by atomic mass is 9.86. The van der Waals surface area contributed by atoms with Crippen molar-refractivity contribution in [3.63, 3.8) is 0 Å². The number of allylic oxidation sites excluding steroid dienone is 4. The van der Waals surface area contributed by atoms with Gasteiger partial charge in [0.2, 0.25) is 5.71 Å². The second kappa shape index (κ2) is 12.7. The standard InChI is InChI=1S/C41H30N4/c42-40-38(34-17-13-31(14-18-34)29-8-3-1-4-9-29)25-26-39(35-19-15-32(16-20-35)30-10-5-2-6-11-30)41(40)45-44-37-23-21-33(22-24-37)36-12-7-27-43-28-36/h1-28,42,44H/p+2. The molecule has 0 saturated heterocycles.